The first-order chi connectivity index (χ1) is 9.31. The van der Waals surface area contributed by atoms with Crippen LogP contribution in [0.5, 0.6) is 0 Å². The van der Waals surface area contributed by atoms with Gasteiger partial charge in [0, 0.05) is 12.1 Å². The Morgan fingerprint density at radius 1 is 0.700 bits per heavy atom. The standard InChI is InChI=1S/C13H8F4N2O/c14-7-3-11(18)9(16)1-5(7)13(20)6-2-10(17)12(19)4-8(6)15/h1-4H,18-19H2. The molecule has 20 heavy (non-hydrogen) atoms. The molecule has 3 nitrogen and oxygen atoms in total. The summed E-state index contributed by atoms with van der Waals surface area (Å²) in [6, 6.07) is 2.24. The highest BCUT2D eigenvalue weighted by atomic mass is 19.1. The third-order valence-corrected chi connectivity index (χ3v) is 2.66. The van der Waals surface area contributed by atoms with Crippen molar-refractivity contribution < 1.29 is 22.4 Å². The minimum absolute atomic E-state index is 0.497. The maximum absolute atomic E-state index is 13.6. The van der Waals surface area contributed by atoms with Crippen molar-refractivity contribution in [2.24, 2.45) is 0 Å². The van der Waals surface area contributed by atoms with Crippen LogP contribution in [0.2, 0.25) is 0 Å². The van der Waals surface area contributed by atoms with Crippen LogP contribution < -0.4 is 11.5 Å². The summed E-state index contributed by atoms with van der Waals surface area (Å²) < 4.78 is 53.6. The van der Waals surface area contributed by atoms with Crippen molar-refractivity contribution in [1.82, 2.24) is 0 Å². The summed E-state index contributed by atoms with van der Waals surface area (Å²) >= 11 is 0. The van der Waals surface area contributed by atoms with Gasteiger partial charge in [-0.1, -0.05) is 0 Å². The molecule has 7 heteroatoms. The van der Waals surface area contributed by atoms with Crippen LogP contribution in [-0.4, -0.2) is 5.78 Å². The Hall–Kier alpha value is -2.57. The number of ketones is 1. The Labute approximate surface area is 110 Å². The molecule has 0 aliphatic heterocycles. The molecule has 2 aromatic carbocycles. The summed E-state index contributed by atoms with van der Waals surface area (Å²) in [5.74, 6) is -5.55. The second kappa shape index (κ2) is 4.84. The van der Waals surface area contributed by atoms with Crippen LogP contribution in [-0.2, 0) is 0 Å². The van der Waals surface area contributed by atoms with Crippen LogP contribution in [0.25, 0.3) is 0 Å². The molecule has 2 aromatic rings. The molecule has 0 heterocycles. The van der Waals surface area contributed by atoms with Crippen LogP contribution >= 0.6 is 0 Å². The second-order valence-corrected chi connectivity index (χ2v) is 4.04. The molecule has 0 saturated heterocycles. The number of anilines is 2. The Kier molecular flexibility index (Phi) is 3.35. The minimum Gasteiger partial charge on any atom is -0.396 e. The summed E-state index contributed by atoms with van der Waals surface area (Å²) in [7, 11) is 0. The smallest absolute Gasteiger partial charge is 0.199 e. The van der Waals surface area contributed by atoms with Gasteiger partial charge in [0.15, 0.2) is 5.78 Å². The van der Waals surface area contributed by atoms with E-state index in [0.717, 1.165) is 0 Å². The molecule has 0 radical (unpaired) electrons. The maximum atomic E-state index is 13.6. The lowest BCUT2D eigenvalue weighted by Crippen LogP contribution is -2.10. The summed E-state index contributed by atoms with van der Waals surface area (Å²) in [4.78, 5) is 11.9. The fourth-order valence-corrected chi connectivity index (χ4v) is 1.62. The van der Waals surface area contributed by atoms with Crippen molar-refractivity contribution in [3.05, 3.63) is 58.7 Å². The van der Waals surface area contributed by atoms with Gasteiger partial charge in [-0.05, 0) is 12.1 Å². The molecule has 2 rings (SSSR count). The van der Waals surface area contributed by atoms with Gasteiger partial charge < -0.3 is 11.5 Å². The fourth-order valence-electron chi connectivity index (χ4n) is 1.62. The highest BCUT2D eigenvalue weighted by Gasteiger charge is 2.21. The van der Waals surface area contributed by atoms with Crippen LogP contribution in [0.15, 0.2) is 24.3 Å². The minimum atomic E-state index is -1.21. The number of hydrogen-bond donors (Lipinski definition) is 2. The third-order valence-electron chi connectivity index (χ3n) is 2.66. The second-order valence-electron chi connectivity index (χ2n) is 4.04. The van der Waals surface area contributed by atoms with E-state index < -0.39 is 51.6 Å². The Morgan fingerprint density at radius 2 is 1.05 bits per heavy atom. The van der Waals surface area contributed by atoms with Gasteiger partial charge in [0.1, 0.15) is 23.3 Å². The number of nitrogen functional groups attached to an aromatic ring is 2. The summed E-state index contributed by atoms with van der Waals surface area (Å²) in [6.45, 7) is 0. The van der Waals surface area contributed by atoms with E-state index >= 15 is 0 Å². The number of rotatable bonds is 2. The van der Waals surface area contributed by atoms with Crippen LogP contribution in [0.3, 0.4) is 0 Å². The summed E-state index contributed by atoms with van der Waals surface area (Å²) in [5, 5.41) is 0. The zero-order valence-corrected chi connectivity index (χ0v) is 9.88. The van der Waals surface area contributed by atoms with Crippen LogP contribution in [0, 0.1) is 23.3 Å². The molecule has 104 valence electrons. The fraction of sp³-hybridized carbons (Fsp3) is 0. The van der Waals surface area contributed by atoms with E-state index in [4.69, 9.17) is 11.5 Å². The normalized spacial score (nSPS) is 10.6. The quantitative estimate of drug-likeness (QED) is 0.506. The van der Waals surface area contributed by atoms with Crippen LogP contribution in [0.1, 0.15) is 15.9 Å². The summed E-state index contributed by atoms with van der Waals surface area (Å²) in [6.07, 6.45) is 0. The number of halogens is 4. The zero-order valence-electron chi connectivity index (χ0n) is 9.88. The molecule has 0 fully saturated rings. The molecule has 0 amide bonds. The SMILES string of the molecule is Nc1cc(F)c(C(=O)c2cc(F)c(N)cc2F)cc1F. The average Bonchev–Trinajstić information content (AvgIpc) is 2.37. The van der Waals surface area contributed by atoms with Gasteiger partial charge in [0.25, 0.3) is 0 Å². The predicted octanol–water partition coefficient (Wildman–Crippen LogP) is 2.64. The van der Waals surface area contributed by atoms with E-state index in [2.05, 4.69) is 0 Å². The topological polar surface area (TPSA) is 69.1 Å². The molecule has 0 saturated carbocycles. The molecule has 0 bridgehead atoms. The van der Waals surface area contributed by atoms with E-state index in [9.17, 15) is 22.4 Å². The highest BCUT2D eigenvalue weighted by Crippen LogP contribution is 2.23. The van der Waals surface area contributed by atoms with Gasteiger partial charge in [0.2, 0.25) is 0 Å². The van der Waals surface area contributed by atoms with Crippen molar-refractivity contribution in [1.29, 1.82) is 0 Å². The molecule has 0 aromatic heterocycles. The lowest BCUT2D eigenvalue weighted by molar-refractivity contribution is 0.103. The van der Waals surface area contributed by atoms with E-state index in [0.29, 0.717) is 24.3 Å². The van der Waals surface area contributed by atoms with Gasteiger partial charge in [-0.15, -0.1) is 0 Å². The zero-order chi connectivity index (χ0) is 15.0. The van der Waals surface area contributed by atoms with Crippen molar-refractivity contribution in [2.75, 3.05) is 11.5 Å². The maximum Gasteiger partial charge on any atom is 0.199 e. The molecule has 0 atom stereocenters. The molecule has 0 unspecified atom stereocenters. The average molecular weight is 284 g/mol. The number of hydrogen-bond acceptors (Lipinski definition) is 3. The predicted molar refractivity (Wildman–Crippen MR) is 65.0 cm³/mol. The first-order valence-corrected chi connectivity index (χ1v) is 5.35. The number of benzene rings is 2. The first-order valence-electron chi connectivity index (χ1n) is 5.35. The van der Waals surface area contributed by atoms with E-state index in [-0.39, 0.29) is 0 Å². The van der Waals surface area contributed by atoms with Crippen LogP contribution in [0.4, 0.5) is 28.9 Å². The van der Waals surface area contributed by atoms with Crippen molar-refractivity contribution >= 4 is 17.2 Å². The van der Waals surface area contributed by atoms with E-state index in [1.807, 2.05) is 0 Å². The number of nitrogens with two attached hydrogens (primary N) is 2. The van der Waals surface area contributed by atoms with Crippen molar-refractivity contribution in [2.45, 2.75) is 0 Å². The van der Waals surface area contributed by atoms with Gasteiger partial charge in [0.05, 0.1) is 22.5 Å². The van der Waals surface area contributed by atoms with Crippen molar-refractivity contribution in [3.8, 4) is 0 Å². The lowest BCUT2D eigenvalue weighted by atomic mass is 10.0. The van der Waals surface area contributed by atoms with E-state index in [1.165, 1.54) is 0 Å². The molecule has 0 aliphatic rings. The number of carbonyl (C=O) groups excluding carboxylic acids is 1. The Morgan fingerprint density at radius 3 is 1.40 bits per heavy atom. The molecule has 0 spiro atoms. The highest BCUT2D eigenvalue weighted by molar-refractivity contribution is 6.09. The van der Waals surface area contributed by atoms with Gasteiger partial charge >= 0.3 is 0 Å². The van der Waals surface area contributed by atoms with Gasteiger partial charge in [-0.3, -0.25) is 4.79 Å². The summed E-state index contributed by atoms with van der Waals surface area (Å²) in [5.41, 5.74) is 7.76. The monoisotopic (exact) mass is 284 g/mol. The number of carbonyl (C=O) groups is 1. The lowest BCUT2D eigenvalue weighted by Gasteiger charge is -2.07. The van der Waals surface area contributed by atoms with Gasteiger partial charge in [-0.2, -0.15) is 0 Å². The Bertz CT molecular complexity index is 657. The van der Waals surface area contributed by atoms with Crippen molar-refractivity contribution in [3.63, 3.8) is 0 Å². The van der Waals surface area contributed by atoms with Gasteiger partial charge in [-0.25, -0.2) is 17.6 Å². The molecule has 0 aliphatic carbocycles. The molecular formula is C13H8F4N2O. The van der Waals surface area contributed by atoms with E-state index in [1.54, 1.807) is 0 Å². The first kappa shape index (κ1) is 13.9. The molecule has 4 N–H and O–H groups in total. The Balaban J connectivity index is 2.57. The third kappa shape index (κ3) is 2.29. The largest absolute Gasteiger partial charge is 0.396 e. The molecular weight excluding hydrogens is 276 g/mol.